The highest BCUT2D eigenvalue weighted by Gasteiger charge is 2.13. The van der Waals surface area contributed by atoms with Crippen LogP contribution in [0.1, 0.15) is 18.9 Å². The van der Waals surface area contributed by atoms with Gasteiger partial charge in [-0.1, -0.05) is 6.92 Å². The standard InChI is InChI=1S/C13H15F2N3/c1-2-10(16)5-9-6-11(14)13(12(15)7-9)18-4-3-17-8-18/h3-4,6-8,10H,2,5,16H2,1H3. The number of imidazole rings is 1. The van der Waals surface area contributed by atoms with Gasteiger partial charge >= 0.3 is 0 Å². The van der Waals surface area contributed by atoms with Crippen molar-refractivity contribution >= 4 is 0 Å². The van der Waals surface area contributed by atoms with Crippen molar-refractivity contribution in [3.05, 3.63) is 48.1 Å². The zero-order valence-electron chi connectivity index (χ0n) is 10.1. The van der Waals surface area contributed by atoms with Gasteiger partial charge in [-0.15, -0.1) is 0 Å². The SMILES string of the molecule is CCC(N)Cc1cc(F)c(-n2ccnc2)c(F)c1. The van der Waals surface area contributed by atoms with Crippen LogP contribution in [-0.2, 0) is 6.42 Å². The molecule has 2 aromatic rings. The molecule has 18 heavy (non-hydrogen) atoms. The van der Waals surface area contributed by atoms with E-state index in [4.69, 9.17) is 5.73 Å². The van der Waals surface area contributed by atoms with E-state index in [-0.39, 0.29) is 11.7 Å². The Balaban J connectivity index is 2.36. The molecule has 0 aliphatic rings. The first-order valence-corrected chi connectivity index (χ1v) is 5.83. The Bertz CT molecular complexity index is 500. The van der Waals surface area contributed by atoms with E-state index in [1.165, 1.54) is 35.4 Å². The first kappa shape index (κ1) is 12.7. The number of nitrogens with zero attached hydrogens (tertiary/aromatic N) is 2. The molecule has 3 nitrogen and oxygen atoms in total. The molecule has 2 N–H and O–H groups in total. The lowest BCUT2D eigenvalue weighted by Crippen LogP contribution is -2.21. The highest BCUT2D eigenvalue weighted by molar-refractivity contribution is 5.38. The van der Waals surface area contributed by atoms with Crippen molar-refractivity contribution in [2.75, 3.05) is 0 Å². The lowest BCUT2D eigenvalue weighted by atomic mass is 10.0. The Hall–Kier alpha value is -1.75. The van der Waals surface area contributed by atoms with Crippen molar-refractivity contribution in [2.24, 2.45) is 5.73 Å². The van der Waals surface area contributed by atoms with E-state index in [1.54, 1.807) is 0 Å². The van der Waals surface area contributed by atoms with Gasteiger partial charge in [-0.25, -0.2) is 13.8 Å². The van der Waals surface area contributed by atoms with Crippen LogP contribution in [-0.4, -0.2) is 15.6 Å². The molecule has 0 aliphatic heterocycles. The molecule has 0 spiro atoms. The van der Waals surface area contributed by atoms with Gasteiger partial charge < -0.3 is 10.3 Å². The Labute approximate surface area is 104 Å². The zero-order valence-corrected chi connectivity index (χ0v) is 10.1. The number of hydrogen-bond donors (Lipinski definition) is 1. The lowest BCUT2D eigenvalue weighted by Gasteiger charge is -2.11. The van der Waals surface area contributed by atoms with Crippen LogP contribution in [0, 0.1) is 11.6 Å². The minimum Gasteiger partial charge on any atom is -0.327 e. The van der Waals surface area contributed by atoms with Gasteiger partial charge in [0, 0.05) is 18.4 Å². The van der Waals surface area contributed by atoms with Gasteiger partial charge in [-0.05, 0) is 30.5 Å². The molecule has 1 aromatic carbocycles. The summed E-state index contributed by atoms with van der Waals surface area (Å²) in [5.74, 6) is -1.21. The first-order valence-electron chi connectivity index (χ1n) is 5.83. The molecule has 0 bridgehead atoms. The third-order valence-electron chi connectivity index (χ3n) is 2.86. The summed E-state index contributed by atoms with van der Waals surface area (Å²) in [5, 5.41) is 0. The predicted molar refractivity (Wildman–Crippen MR) is 65.5 cm³/mol. The maximum absolute atomic E-state index is 13.9. The second-order valence-electron chi connectivity index (χ2n) is 4.25. The normalized spacial score (nSPS) is 12.7. The summed E-state index contributed by atoms with van der Waals surface area (Å²) in [6.07, 6.45) is 5.57. The fourth-order valence-electron chi connectivity index (χ4n) is 1.82. The minimum atomic E-state index is -0.605. The van der Waals surface area contributed by atoms with E-state index in [0.29, 0.717) is 12.0 Å². The number of aromatic nitrogens is 2. The maximum Gasteiger partial charge on any atom is 0.150 e. The summed E-state index contributed by atoms with van der Waals surface area (Å²) in [6, 6.07) is 2.57. The molecule has 0 aliphatic carbocycles. The van der Waals surface area contributed by atoms with Crippen LogP contribution in [0.4, 0.5) is 8.78 Å². The maximum atomic E-state index is 13.9. The van der Waals surface area contributed by atoms with Gasteiger partial charge in [0.05, 0.1) is 6.33 Å². The summed E-state index contributed by atoms with van der Waals surface area (Å²) < 4.78 is 29.1. The molecule has 96 valence electrons. The van der Waals surface area contributed by atoms with Crippen LogP contribution in [0.15, 0.2) is 30.9 Å². The predicted octanol–water partition coefficient (Wildman–Crippen LogP) is 2.43. The molecule has 2 rings (SSSR count). The highest BCUT2D eigenvalue weighted by Crippen LogP contribution is 2.20. The minimum absolute atomic E-state index is 0.0807. The molecular formula is C13H15F2N3. The summed E-state index contributed by atoms with van der Waals surface area (Å²) in [5.41, 5.74) is 6.24. The van der Waals surface area contributed by atoms with Crippen LogP contribution in [0.2, 0.25) is 0 Å². The quantitative estimate of drug-likeness (QED) is 0.907. The number of rotatable bonds is 4. The largest absolute Gasteiger partial charge is 0.327 e. The second kappa shape index (κ2) is 5.27. The molecule has 0 saturated heterocycles. The van der Waals surface area contributed by atoms with Crippen molar-refractivity contribution in [1.82, 2.24) is 9.55 Å². The van der Waals surface area contributed by atoms with E-state index in [9.17, 15) is 8.78 Å². The topological polar surface area (TPSA) is 43.8 Å². The molecular weight excluding hydrogens is 236 g/mol. The molecule has 1 atom stereocenters. The van der Waals surface area contributed by atoms with Crippen molar-refractivity contribution in [1.29, 1.82) is 0 Å². The first-order chi connectivity index (χ1) is 8.61. The number of halogens is 2. The number of nitrogens with two attached hydrogens (primary N) is 1. The molecule has 0 saturated carbocycles. The Kier molecular flexibility index (Phi) is 3.72. The van der Waals surface area contributed by atoms with Gasteiger partial charge in [-0.2, -0.15) is 0 Å². The summed E-state index contributed by atoms with van der Waals surface area (Å²) in [7, 11) is 0. The molecule has 1 aromatic heterocycles. The van der Waals surface area contributed by atoms with Crippen LogP contribution in [0.25, 0.3) is 5.69 Å². The monoisotopic (exact) mass is 251 g/mol. The summed E-state index contributed by atoms with van der Waals surface area (Å²) in [6.45, 7) is 1.94. The Morgan fingerprint density at radius 1 is 1.33 bits per heavy atom. The van der Waals surface area contributed by atoms with Crippen molar-refractivity contribution in [3.63, 3.8) is 0 Å². The van der Waals surface area contributed by atoms with Crippen LogP contribution < -0.4 is 5.73 Å². The second-order valence-corrected chi connectivity index (χ2v) is 4.25. The van der Waals surface area contributed by atoms with Crippen LogP contribution >= 0.6 is 0 Å². The highest BCUT2D eigenvalue weighted by atomic mass is 19.1. The van der Waals surface area contributed by atoms with E-state index in [0.717, 1.165) is 6.42 Å². The fraction of sp³-hybridized carbons (Fsp3) is 0.308. The fourth-order valence-corrected chi connectivity index (χ4v) is 1.82. The third kappa shape index (κ3) is 2.56. The Morgan fingerprint density at radius 3 is 2.50 bits per heavy atom. The van der Waals surface area contributed by atoms with E-state index < -0.39 is 11.6 Å². The molecule has 1 unspecified atom stereocenters. The average molecular weight is 251 g/mol. The van der Waals surface area contributed by atoms with Gasteiger partial charge in [0.25, 0.3) is 0 Å². The number of benzene rings is 1. The van der Waals surface area contributed by atoms with Gasteiger partial charge in [0.1, 0.15) is 5.69 Å². The molecule has 0 radical (unpaired) electrons. The van der Waals surface area contributed by atoms with Gasteiger partial charge in [-0.3, -0.25) is 0 Å². The van der Waals surface area contributed by atoms with E-state index in [2.05, 4.69) is 4.98 Å². The van der Waals surface area contributed by atoms with Gasteiger partial charge in [0.2, 0.25) is 0 Å². The van der Waals surface area contributed by atoms with E-state index in [1.807, 2.05) is 6.92 Å². The van der Waals surface area contributed by atoms with Crippen molar-refractivity contribution in [2.45, 2.75) is 25.8 Å². The summed E-state index contributed by atoms with van der Waals surface area (Å²) in [4.78, 5) is 3.77. The third-order valence-corrected chi connectivity index (χ3v) is 2.86. The molecule has 5 heteroatoms. The van der Waals surface area contributed by atoms with Crippen molar-refractivity contribution in [3.8, 4) is 5.69 Å². The Morgan fingerprint density at radius 2 is 2.00 bits per heavy atom. The lowest BCUT2D eigenvalue weighted by molar-refractivity contribution is 0.560. The summed E-state index contributed by atoms with van der Waals surface area (Å²) >= 11 is 0. The smallest absolute Gasteiger partial charge is 0.150 e. The molecule has 1 heterocycles. The van der Waals surface area contributed by atoms with Crippen LogP contribution in [0.3, 0.4) is 0 Å². The van der Waals surface area contributed by atoms with Crippen molar-refractivity contribution < 1.29 is 8.78 Å². The van der Waals surface area contributed by atoms with Gasteiger partial charge in [0.15, 0.2) is 11.6 Å². The van der Waals surface area contributed by atoms with Crippen LogP contribution in [0.5, 0.6) is 0 Å². The number of hydrogen-bond acceptors (Lipinski definition) is 2. The average Bonchev–Trinajstić information content (AvgIpc) is 2.81. The van der Waals surface area contributed by atoms with E-state index >= 15 is 0 Å². The molecule has 0 amide bonds. The zero-order chi connectivity index (χ0) is 13.1. The molecule has 0 fully saturated rings.